The van der Waals surface area contributed by atoms with Gasteiger partial charge in [-0.15, -0.1) is 0 Å². The molecule has 1 fully saturated rings. The highest BCUT2D eigenvalue weighted by Crippen LogP contribution is 2.22. The zero-order valence-corrected chi connectivity index (χ0v) is 19.5. The number of rotatable bonds is 8. The zero-order chi connectivity index (χ0) is 23.2. The third-order valence-electron chi connectivity index (χ3n) is 5.00. The van der Waals surface area contributed by atoms with Gasteiger partial charge in [-0.3, -0.25) is 19.7 Å². The number of nitrogens with one attached hydrogen (secondary N) is 1. The van der Waals surface area contributed by atoms with Crippen molar-refractivity contribution in [2.75, 3.05) is 7.05 Å². The highest BCUT2D eigenvalue weighted by molar-refractivity contribution is 7.89. The van der Waals surface area contributed by atoms with E-state index < -0.39 is 27.6 Å². The number of carbonyl (C=O) groups excluding carboxylic acids is 3. The number of sulfonamides is 1. The number of esters is 1. The third kappa shape index (κ3) is 7.43. The number of carbonyl (C=O) groups is 3. The van der Waals surface area contributed by atoms with Gasteiger partial charge in [-0.1, -0.05) is 12.1 Å². The summed E-state index contributed by atoms with van der Waals surface area (Å²) in [7, 11) is -2.51. The van der Waals surface area contributed by atoms with E-state index in [1.54, 1.807) is 12.1 Å². The number of hydrogen-bond donors (Lipinski definition) is 1. The van der Waals surface area contributed by atoms with E-state index in [9.17, 15) is 22.8 Å². The van der Waals surface area contributed by atoms with Gasteiger partial charge < -0.3 is 4.74 Å². The van der Waals surface area contributed by atoms with Gasteiger partial charge in [0.1, 0.15) is 11.6 Å². The van der Waals surface area contributed by atoms with Crippen LogP contribution < -0.4 is 5.32 Å². The van der Waals surface area contributed by atoms with E-state index in [2.05, 4.69) is 5.32 Å². The Kier molecular flexibility index (Phi) is 8.36. The van der Waals surface area contributed by atoms with Crippen LogP contribution in [-0.4, -0.2) is 49.2 Å². The summed E-state index contributed by atoms with van der Waals surface area (Å²) in [6.45, 7) is 5.50. The van der Waals surface area contributed by atoms with Crippen LogP contribution in [0.15, 0.2) is 29.2 Å². The second-order valence-electron chi connectivity index (χ2n) is 8.78. The van der Waals surface area contributed by atoms with E-state index in [0.29, 0.717) is 32.1 Å². The average molecular weight is 453 g/mol. The molecular formula is C22H32N2O6S. The van der Waals surface area contributed by atoms with E-state index in [0.717, 1.165) is 16.3 Å². The van der Waals surface area contributed by atoms with Crippen LogP contribution in [0.4, 0.5) is 0 Å². The lowest BCUT2D eigenvalue weighted by molar-refractivity contribution is -0.155. The minimum absolute atomic E-state index is 0.0934. The van der Waals surface area contributed by atoms with E-state index in [1.807, 2.05) is 20.8 Å². The molecule has 8 nitrogen and oxygen atoms in total. The molecule has 1 N–H and O–H groups in total. The SMILES string of the molecule is CN(C1CCCC(=O)NC1=O)S(=O)(=O)c1ccc(CCCCC(=O)OC(C)(C)C)cc1. The minimum Gasteiger partial charge on any atom is -0.460 e. The first-order valence-electron chi connectivity index (χ1n) is 10.5. The molecule has 1 atom stereocenters. The maximum Gasteiger partial charge on any atom is 0.306 e. The maximum absolute atomic E-state index is 12.9. The molecule has 31 heavy (non-hydrogen) atoms. The number of amides is 2. The Bertz CT molecular complexity index is 903. The zero-order valence-electron chi connectivity index (χ0n) is 18.6. The highest BCUT2D eigenvalue weighted by atomic mass is 32.2. The third-order valence-corrected chi connectivity index (χ3v) is 6.88. The van der Waals surface area contributed by atoms with Crippen LogP contribution in [0.5, 0.6) is 0 Å². The Morgan fingerprint density at radius 2 is 1.81 bits per heavy atom. The molecule has 0 saturated carbocycles. The molecule has 1 aliphatic rings. The molecule has 0 aromatic heterocycles. The fourth-order valence-electron chi connectivity index (χ4n) is 3.37. The lowest BCUT2D eigenvalue weighted by Gasteiger charge is -2.25. The summed E-state index contributed by atoms with van der Waals surface area (Å²) in [6.07, 6.45) is 3.48. The minimum atomic E-state index is -3.88. The predicted octanol–water partition coefficient (Wildman–Crippen LogP) is 2.56. The van der Waals surface area contributed by atoms with Crippen molar-refractivity contribution in [2.24, 2.45) is 0 Å². The highest BCUT2D eigenvalue weighted by Gasteiger charge is 2.34. The molecule has 0 aliphatic carbocycles. The molecule has 1 aromatic rings. The fraction of sp³-hybridized carbons (Fsp3) is 0.591. The summed E-state index contributed by atoms with van der Waals surface area (Å²) >= 11 is 0. The average Bonchev–Trinajstić information content (AvgIpc) is 2.83. The monoisotopic (exact) mass is 452 g/mol. The number of nitrogens with zero attached hydrogens (tertiary/aromatic N) is 1. The molecule has 1 unspecified atom stereocenters. The Morgan fingerprint density at radius 1 is 1.16 bits per heavy atom. The molecule has 2 amide bonds. The van der Waals surface area contributed by atoms with E-state index in [1.165, 1.54) is 19.2 Å². The normalized spacial score (nSPS) is 17.9. The first kappa shape index (κ1) is 25.0. The van der Waals surface area contributed by atoms with E-state index in [4.69, 9.17) is 4.74 Å². The molecule has 0 spiro atoms. The van der Waals surface area contributed by atoms with Crippen LogP contribution in [0.2, 0.25) is 0 Å². The number of imide groups is 1. The Morgan fingerprint density at radius 3 is 2.42 bits per heavy atom. The summed E-state index contributed by atoms with van der Waals surface area (Å²) in [5, 5.41) is 2.24. The molecular weight excluding hydrogens is 420 g/mol. The van der Waals surface area contributed by atoms with Crippen molar-refractivity contribution in [3.05, 3.63) is 29.8 Å². The van der Waals surface area contributed by atoms with Gasteiger partial charge in [0.25, 0.3) is 0 Å². The van der Waals surface area contributed by atoms with Gasteiger partial charge >= 0.3 is 5.97 Å². The summed E-state index contributed by atoms with van der Waals surface area (Å²) in [5.41, 5.74) is 0.474. The first-order chi connectivity index (χ1) is 14.4. The molecule has 1 heterocycles. The molecule has 1 aliphatic heterocycles. The van der Waals surface area contributed by atoms with Crippen molar-refractivity contribution in [1.82, 2.24) is 9.62 Å². The molecule has 0 radical (unpaired) electrons. The summed E-state index contributed by atoms with van der Waals surface area (Å²) in [5.74, 6) is -1.19. The Balaban J connectivity index is 1.93. The topological polar surface area (TPSA) is 110 Å². The Labute approximate surface area is 184 Å². The first-order valence-corrected chi connectivity index (χ1v) is 12.0. The fourth-order valence-corrected chi connectivity index (χ4v) is 4.72. The maximum atomic E-state index is 12.9. The lowest BCUT2D eigenvalue weighted by atomic mass is 10.1. The predicted molar refractivity (Wildman–Crippen MR) is 116 cm³/mol. The molecule has 2 rings (SSSR count). The van der Waals surface area contributed by atoms with Gasteiger partial charge in [-0.2, -0.15) is 4.31 Å². The van der Waals surface area contributed by atoms with Gasteiger partial charge in [0.15, 0.2) is 0 Å². The number of benzene rings is 1. The number of unbranched alkanes of at least 4 members (excludes halogenated alkanes) is 1. The lowest BCUT2D eigenvalue weighted by Crippen LogP contribution is -2.47. The van der Waals surface area contributed by atoms with Crippen molar-refractivity contribution in [2.45, 2.75) is 82.3 Å². The number of ether oxygens (including phenoxy) is 1. The summed E-state index contributed by atoms with van der Waals surface area (Å²) < 4.78 is 32.2. The second kappa shape index (κ2) is 10.4. The van der Waals surface area contributed by atoms with Crippen molar-refractivity contribution < 1.29 is 27.5 Å². The van der Waals surface area contributed by atoms with Crippen molar-refractivity contribution in [3.8, 4) is 0 Å². The smallest absolute Gasteiger partial charge is 0.306 e. The van der Waals surface area contributed by atoms with Crippen molar-refractivity contribution in [3.63, 3.8) is 0 Å². The molecule has 1 saturated heterocycles. The van der Waals surface area contributed by atoms with Crippen molar-refractivity contribution in [1.29, 1.82) is 0 Å². The summed E-state index contributed by atoms with van der Waals surface area (Å²) in [4.78, 5) is 35.5. The molecule has 0 bridgehead atoms. The van der Waals surface area contributed by atoms with E-state index >= 15 is 0 Å². The van der Waals surface area contributed by atoms with Crippen LogP contribution in [0, 0.1) is 0 Å². The van der Waals surface area contributed by atoms with Crippen LogP contribution in [0.1, 0.15) is 64.9 Å². The van der Waals surface area contributed by atoms with E-state index in [-0.39, 0.29) is 23.2 Å². The van der Waals surface area contributed by atoms with Gasteiger partial charge in [0.2, 0.25) is 21.8 Å². The van der Waals surface area contributed by atoms with Crippen LogP contribution in [0.25, 0.3) is 0 Å². The van der Waals surface area contributed by atoms with Gasteiger partial charge in [0.05, 0.1) is 4.90 Å². The van der Waals surface area contributed by atoms with Gasteiger partial charge in [-0.25, -0.2) is 8.42 Å². The van der Waals surface area contributed by atoms with Gasteiger partial charge in [0, 0.05) is 19.9 Å². The van der Waals surface area contributed by atoms with Crippen molar-refractivity contribution >= 4 is 27.8 Å². The number of aryl methyl sites for hydroxylation is 1. The van der Waals surface area contributed by atoms with Gasteiger partial charge in [-0.05, 0) is 70.6 Å². The number of likely N-dealkylation sites (N-methyl/N-ethyl adjacent to an activating group) is 1. The molecule has 9 heteroatoms. The molecule has 172 valence electrons. The van der Waals surface area contributed by atoms with Crippen LogP contribution >= 0.6 is 0 Å². The summed E-state index contributed by atoms with van der Waals surface area (Å²) in [6, 6.07) is 5.61. The molecule has 1 aromatic carbocycles. The standard InChI is InChI=1S/C22H32N2O6S/c1-22(2,3)30-20(26)11-6-5-8-16-12-14-17(15-13-16)31(28,29)24(4)18-9-7-10-19(25)23-21(18)27/h12-15,18H,5-11H2,1-4H3,(H,23,25,27). The van der Waals surface area contributed by atoms with Crippen LogP contribution in [0.3, 0.4) is 0 Å². The quantitative estimate of drug-likeness (QED) is 0.369. The Hall–Kier alpha value is -2.26. The number of hydrogen-bond acceptors (Lipinski definition) is 6. The second-order valence-corrected chi connectivity index (χ2v) is 10.8. The van der Waals surface area contributed by atoms with Crippen LogP contribution in [-0.2, 0) is 35.6 Å². The largest absolute Gasteiger partial charge is 0.460 e.